The average molecular weight is 358 g/mol. The van der Waals surface area contributed by atoms with Crippen LogP contribution in [0.25, 0.3) is 0 Å². The SMILES string of the molecule is CCOC(=O)C[C@]1(O)O[C@H](CC(=O)[C@@H]2C[C@H]2C)C[C@H](OCOC)[C@H]1C. The standard InChI is InChI=1S/C18H30O7/c1-5-23-17(20)9-18(21)12(3)16(24-10-22-4)8-13(25-18)7-15(19)14-6-11(14)2/h11-14,16,21H,5-10H2,1-4H3/t11-,12-,13-,14-,16+,18+/m1/s1. The molecule has 144 valence electrons. The number of carbonyl (C=O) groups excluding carboxylic acids is 2. The highest BCUT2D eigenvalue weighted by Crippen LogP contribution is 2.42. The normalized spacial score (nSPS) is 37.6. The maximum atomic E-state index is 12.3. The number of carbonyl (C=O) groups is 2. The summed E-state index contributed by atoms with van der Waals surface area (Å²) in [4.78, 5) is 24.2. The van der Waals surface area contributed by atoms with Crippen molar-refractivity contribution >= 4 is 11.8 Å². The van der Waals surface area contributed by atoms with Crippen LogP contribution < -0.4 is 0 Å². The highest BCUT2D eigenvalue weighted by Gasteiger charge is 2.50. The van der Waals surface area contributed by atoms with Crippen molar-refractivity contribution in [3.05, 3.63) is 0 Å². The molecule has 1 saturated carbocycles. The van der Waals surface area contributed by atoms with Crippen LogP contribution in [0.3, 0.4) is 0 Å². The number of ketones is 1. The zero-order chi connectivity index (χ0) is 18.6. The van der Waals surface area contributed by atoms with Crippen LogP contribution in [0.1, 0.15) is 46.5 Å². The van der Waals surface area contributed by atoms with Gasteiger partial charge in [-0.25, -0.2) is 0 Å². The van der Waals surface area contributed by atoms with Crippen molar-refractivity contribution in [2.45, 2.75) is 64.4 Å². The van der Waals surface area contributed by atoms with Crippen molar-refractivity contribution in [3.8, 4) is 0 Å². The van der Waals surface area contributed by atoms with Crippen LogP contribution >= 0.6 is 0 Å². The lowest BCUT2D eigenvalue weighted by Gasteiger charge is -2.45. The van der Waals surface area contributed by atoms with Gasteiger partial charge >= 0.3 is 5.97 Å². The second-order valence-corrected chi connectivity index (χ2v) is 7.19. The highest BCUT2D eigenvalue weighted by atomic mass is 16.7. The van der Waals surface area contributed by atoms with Gasteiger partial charge in [0.15, 0.2) is 5.79 Å². The number of aliphatic hydroxyl groups is 1. The molecule has 1 saturated heterocycles. The molecule has 0 spiro atoms. The summed E-state index contributed by atoms with van der Waals surface area (Å²) in [5.74, 6) is -2.05. The minimum absolute atomic E-state index is 0.0742. The fourth-order valence-corrected chi connectivity index (χ4v) is 3.46. The zero-order valence-corrected chi connectivity index (χ0v) is 15.5. The number of Topliss-reactive ketones (excluding diaryl/α,β-unsaturated/α-hetero) is 1. The molecular formula is C18H30O7. The summed E-state index contributed by atoms with van der Waals surface area (Å²) in [6, 6.07) is 0. The van der Waals surface area contributed by atoms with Crippen LogP contribution in [-0.4, -0.2) is 55.4 Å². The van der Waals surface area contributed by atoms with E-state index in [2.05, 4.69) is 0 Å². The summed E-state index contributed by atoms with van der Waals surface area (Å²) in [5.41, 5.74) is 0. The van der Waals surface area contributed by atoms with E-state index in [9.17, 15) is 14.7 Å². The van der Waals surface area contributed by atoms with Gasteiger partial charge in [0.1, 0.15) is 12.6 Å². The molecule has 1 aliphatic heterocycles. The third-order valence-corrected chi connectivity index (χ3v) is 5.19. The molecule has 2 aliphatic rings. The predicted molar refractivity (Wildman–Crippen MR) is 88.5 cm³/mol. The molecule has 0 radical (unpaired) electrons. The van der Waals surface area contributed by atoms with Crippen molar-refractivity contribution in [1.29, 1.82) is 0 Å². The lowest BCUT2D eigenvalue weighted by Crippen LogP contribution is -2.55. The Kier molecular flexibility index (Phi) is 6.96. The quantitative estimate of drug-likeness (QED) is 0.495. The fraction of sp³-hybridized carbons (Fsp3) is 0.889. The molecule has 25 heavy (non-hydrogen) atoms. The molecule has 0 amide bonds. The van der Waals surface area contributed by atoms with Crippen LogP contribution in [0.4, 0.5) is 0 Å². The number of hydrogen-bond donors (Lipinski definition) is 1. The molecule has 1 aliphatic carbocycles. The molecule has 0 aromatic heterocycles. The molecule has 0 aromatic carbocycles. The summed E-state index contributed by atoms with van der Waals surface area (Å²) in [6.45, 7) is 5.82. The second-order valence-electron chi connectivity index (χ2n) is 7.19. The number of methoxy groups -OCH3 is 1. The van der Waals surface area contributed by atoms with Gasteiger partial charge < -0.3 is 24.1 Å². The summed E-state index contributed by atoms with van der Waals surface area (Å²) in [6.07, 6.45) is 0.459. The van der Waals surface area contributed by atoms with E-state index in [1.165, 1.54) is 7.11 Å². The van der Waals surface area contributed by atoms with Crippen LogP contribution in [0.15, 0.2) is 0 Å². The maximum Gasteiger partial charge on any atom is 0.311 e. The third-order valence-electron chi connectivity index (χ3n) is 5.19. The summed E-state index contributed by atoms with van der Waals surface area (Å²) < 4.78 is 21.4. The molecule has 0 aromatic rings. The van der Waals surface area contributed by atoms with E-state index in [0.717, 1.165) is 6.42 Å². The van der Waals surface area contributed by atoms with Crippen molar-refractivity contribution in [3.63, 3.8) is 0 Å². The summed E-state index contributed by atoms with van der Waals surface area (Å²) in [7, 11) is 1.52. The lowest BCUT2D eigenvalue weighted by atomic mass is 9.84. The second kappa shape index (κ2) is 8.58. The Morgan fingerprint density at radius 3 is 2.52 bits per heavy atom. The average Bonchev–Trinajstić information content (AvgIpc) is 3.26. The van der Waals surface area contributed by atoms with Gasteiger partial charge in [-0.3, -0.25) is 9.59 Å². The van der Waals surface area contributed by atoms with Gasteiger partial charge in [-0.15, -0.1) is 0 Å². The molecule has 7 nitrogen and oxygen atoms in total. The zero-order valence-electron chi connectivity index (χ0n) is 15.5. The monoisotopic (exact) mass is 358 g/mol. The number of esters is 1. The Morgan fingerprint density at radius 1 is 1.28 bits per heavy atom. The smallest absolute Gasteiger partial charge is 0.311 e. The molecule has 7 heteroatoms. The molecule has 2 fully saturated rings. The molecular weight excluding hydrogens is 328 g/mol. The minimum Gasteiger partial charge on any atom is -0.466 e. The molecule has 1 heterocycles. The summed E-state index contributed by atoms with van der Waals surface area (Å²) in [5, 5.41) is 10.9. The van der Waals surface area contributed by atoms with Crippen LogP contribution in [-0.2, 0) is 28.5 Å². The third kappa shape index (κ3) is 5.23. The first-order chi connectivity index (χ1) is 11.8. The molecule has 0 bridgehead atoms. The Morgan fingerprint density at radius 2 is 1.96 bits per heavy atom. The van der Waals surface area contributed by atoms with E-state index in [0.29, 0.717) is 12.3 Å². The van der Waals surface area contributed by atoms with Gasteiger partial charge in [0.2, 0.25) is 0 Å². The molecule has 0 unspecified atom stereocenters. The van der Waals surface area contributed by atoms with Crippen LogP contribution in [0.2, 0.25) is 0 Å². The van der Waals surface area contributed by atoms with Gasteiger partial charge in [0, 0.05) is 31.8 Å². The Hall–Kier alpha value is -1.02. The van der Waals surface area contributed by atoms with Gasteiger partial charge in [0.25, 0.3) is 0 Å². The van der Waals surface area contributed by atoms with Crippen molar-refractivity contribution in [1.82, 2.24) is 0 Å². The van der Waals surface area contributed by atoms with Crippen molar-refractivity contribution < 1.29 is 33.6 Å². The largest absolute Gasteiger partial charge is 0.466 e. The van der Waals surface area contributed by atoms with Crippen molar-refractivity contribution in [2.24, 2.45) is 17.8 Å². The number of ether oxygens (including phenoxy) is 4. The van der Waals surface area contributed by atoms with Crippen LogP contribution in [0.5, 0.6) is 0 Å². The minimum atomic E-state index is -1.72. The summed E-state index contributed by atoms with van der Waals surface area (Å²) >= 11 is 0. The number of rotatable bonds is 9. The fourth-order valence-electron chi connectivity index (χ4n) is 3.46. The van der Waals surface area contributed by atoms with Gasteiger partial charge in [-0.05, 0) is 19.3 Å². The maximum absolute atomic E-state index is 12.3. The van der Waals surface area contributed by atoms with Crippen LogP contribution in [0, 0.1) is 17.8 Å². The first-order valence-electron chi connectivity index (χ1n) is 8.99. The van der Waals surface area contributed by atoms with E-state index in [1.54, 1.807) is 13.8 Å². The first-order valence-corrected chi connectivity index (χ1v) is 8.99. The first kappa shape index (κ1) is 20.3. The van der Waals surface area contributed by atoms with Crippen molar-refractivity contribution in [2.75, 3.05) is 20.5 Å². The van der Waals surface area contributed by atoms with E-state index < -0.39 is 23.8 Å². The van der Waals surface area contributed by atoms with E-state index >= 15 is 0 Å². The molecule has 6 atom stereocenters. The topological polar surface area (TPSA) is 91.3 Å². The van der Waals surface area contributed by atoms with Gasteiger partial charge in [0.05, 0.1) is 25.2 Å². The van der Waals surface area contributed by atoms with E-state index in [1.807, 2.05) is 6.92 Å². The predicted octanol–water partition coefficient (Wildman–Crippen LogP) is 1.66. The number of hydrogen-bond acceptors (Lipinski definition) is 7. The lowest BCUT2D eigenvalue weighted by molar-refractivity contribution is -0.312. The van der Waals surface area contributed by atoms with Gasteiger partial charge in [-0.2, -0.15) is 0 Å². The molecule has 1 N–H and O–H groups in total. The highest BCUT2D eigenvalue weighted by molar-refractivity contribution is 5.84. The van der Waals surface area contributed by atoms with E-state index in [4.69, 9.17) is 18.9 Å². The van der Waals surface area contributed by atoms with E-state index in [-0.39, 0.29) is 44.0 Å². The Balaban J connectivity index is 2.06. The molecule has 2 rings (SSSR count). The Bertz CT molecular complexity index is 480. The Labute approximate surface area is 149 Å². The van der Waals surface area contributed by atoms with Gasteiger partial charge in [-0.1, -0.05) is 13.8 Å².